The van der Waals surface area contributed by atoms with Crippen molar-refractivity contribution in [3.8, 4) is 0 Å². The largest absolute Gasteiger partial charge is 0.370 e. The number of nitrogens with two attached hydrogens (primary N) is 1. The SMILES string of the molecule is CCC(CC)CCCCCCNC(=O)CCC1(C)OCC(C2OC(C)(C)OC2C2COC(C)(CCC(N)=O)O2)O1. The molecular formula is C30H54N2O8. The molecular weight excluding hydrogens is 516 g/mol. The molecule has 0 radical (unpaired) electrons. The minimum atomic E-state index is -0.914. The van der Waals surface area contributed by atoms with E-state index in [4.69, 9.17) is 34.2 Å². The Bertz CT molecular complexity index is 822. The summed E-state index contributed by atoms with van der Waals surface area (Å²) in [5.41, 5.74) is 5.31. The van der Waals surface area contributed by atoms with Crippen LogP contribution < -0.4 is 11.1 Å². The summed E-state index contributed by atoms with van der Waals surface area (Å²) >= 11 is 0. The van der Waals surface area contributed by atoms with Crippen LogP contribution in [0.2, 0.25) is 0 Å². The van der Waals surface area contributed by atoms with Gasteiger partial charge in [-0.15, -0.1) is 0 Å². The van der Waals surface area contributed by atoms with Crippen molar-refractivity contribution in [2.24, 2.45) is 11.7 Å². The monoisotopic (exact) mass is 570 g/mol. The Morgan fingerprint density at radius 1 is 0.800 bits per heavy atom. The lowest BCUT2D eigenvalue weighted by Crippen LogP contribution is -2.45. The maximum absolute atomic E-state index is 12.5. The maximum atomic E-state index is 12.5. The molecule has 0 spiro atoms. The molecule has 0 saturated carbocycles. The molecule has 3 fully saturated rings. The van der Waals surface area contributed by atoms with Crippen molar-refractivity contribution < 1.29 is 38.0 Å². The summed E-state index contributed by atoms with van der Waals surface area (Å²) in [6, 6.07) is 0. The smallest absolute Gasteiger partial charge is 0.220 e. The molecule has 6 atom stereocenters. The molecule has 232 valence electrons. The van der Waals surface area contributed by atoms with Gasteiger partial charge in [-0.2, -0.15) is 0 Å². The van der Waals surface area contributed by atoms with Gasteiger partial charge in [0.05, 0.1) is 13.2 Å². The Balaban J connectivity index is 1.40. The zero-order chi connectivity index (χ0) is 29.4. The zero-order valence-electron chi connectivity index (χ0n) is 25.6. The summed E-state index contributed by atoms with van der Waals surface area (Å²) in [5.74, 6) is -2.17. The van der Waals surface area contributed by atoms with Crippen molar-refractivity contribution in [2.75, 3.05) is 19.8 Å². The van der Waals surface area contributed by atoms with E-state index in [0.717, 1.165) is 18.8 Å². The van der Waals surface area contributed by atoms with Gasteiger partial charge in [-0.1, -0.05) is 52.4 Å². The molecule has 3 aliphatic rings. The van der Waals surface area contributed by atoms with Gasteiger partial charge in [0.25, 0.3) is 0 Å². The molecule has 10 heteroatoms. The molecule has 0 aromatic heterocycles. The molecule has 3 aliphatic heterocycles. The van der Waals surface area contributed by atoms with E-state index in [0.29, 0.717) is 39.0 Å². The molecule has 3 rings (SSSR count). The molecule has 0 aromatic carbocycles. The van der Waals surface area contributed by atoms with Gasteiger partial charge >= 0.3 is 0 Å². The van der Waals surface area contributed by atoms with Gasteiger partial charge in [0, 0.05) is 32.2 Å². The maximum Gasteiger partial charge on any atom is 0.220 e. The summed E-state index contributed by atoms with van der Waals surface area (Å²) in [4.78, 5) is 23.7. The van der Waals surface area contributed by atoms with Crippen LogP contribution in [0.25, 0.3) is 0 Å². The predicted octanol–water partition coefficient (Wildman–Crippen LogP) is 4.32. The lowest BCUT2D eigenvalue weighted by atomic mass is 9.96. The highest BCUT2D eigenvalue weighted by molar-refractivity contribution is 5.75. The Morgan fingerprint density at radius 2 is 1.32 bits per heavy atom. The van der Waals surface area contributed by atoms with Gasteiger partial charge in [0.1, 0.15) is 24.4 Å². The van der Waals surface area contributed by atoms with Gasteiger partial charge in [-0.3, -0.25) is 9.59 Å². The second-order valence-electron chi connectivity index (χ2n) is 12.5. The lowest BCUT2D eigenvalue weighted by Gasteiger charge is -2.28. The van der Waals surface area contributed by atoms with Crippen LogP contribution in [0, 0.1) is 5.92 Å². The number of unbranched alkanes of at least 4 members (excludes halogenated alkanes) is 3. The van der Waals surface area contributed by atoms with Crippen molar-refractivity contribution in [1.82, 2.24) is 5.32 Å². The Labute approximate surface area is 240 Å². The average Bonchev–Trinajstić information content (AvgIpc) is 3.58. The van der Waals surface area contributed by atoms with E-state index in [-0.39, 0.29) is 18.4 Å². The van der Waals surface area contributed by atoms with E-state index in [9.17, 15) is 9.59 Å². The highest BCUT2D eigenvalue weighted by atomic mass is 16.8. The molecule has 0 aromatic rings. The number of carbonyl (C=O) groups is 2. The Morgan fingerprint density at radius 3 is 1.85 bits per heavy atom. The van der Waals surface area contributed by atoms with Crippen LogP contribution in [0.3, 0.4) is 0 Å². The van der Waals surface area contributed by atoms with Crippen molar-refractivity contribution in [3.63, 3.8) is 0 Å². The number of ether oxygens (including phenoxy) is 6. The second kappa shape index (κ2) is 14.7. The normalized spacial score (nSPS) is 33.6. The third kappa shape index (κ3) is 9.91. The molecule has 40 heavy (non-hydrogen) atoms. The first kappa shape index (κ1) is 33.2. The van der Waals surface area contributed by atoms with Crippen LogP contribution in [0.5, 0.6) is 0 Å². The number of amides is 2. The molecule has 6 unspecified atom stereocenters. The fourth-order valence-electron chi connectivity index (χ4n) is 5.89. The van der Waals surface area contributed by atoms with E-state index in [1.807, 2.05) is 20.8 Å². The summed E-state index contributed by atoms with van der Waals surface area (Å²) in [6.07, 6.45) is 8.13. The first-order chi connectivity index (χ1) is 18.9. The summed E-state index contributed by atoms with van der Waals surface area (Å²) in [5, 5.41) is 3.04. The number of rotatable bonds is 17. The fraction of sp³-hybridized carbons (Fsp3) is 0.933. The van der Waals surface area contributed by atoms with E-state index < -0.39 is 41.6 Å². The number of hydrogen-bond acceptors (Lipinski definition) is 8. The zero-order valence-corrected chi connectivity index (χ0v) is 25.6. The number of carbonyl (C=O) groups excluding carboxylic acids is 2. The highest BCUT2D eigenvalue weighted by Gasteiger charge is 2.55. The molecule has 10 nitrogen and oxygen atoms in total. The minimum Gasteiger partial charge on any atom is -0.370 e. The Hall–Kier alpha value is -1.30. The summed E-state index contributed by atoms with van der Waals surface area (Å²) in [7, 11) is 0. The second-order valence-corrected chi connectivity index (χ2v) is 12.5. The molecule has 3 saturated heterocycles. The highest BCUT2D eigenvalue weighted by Crippen LogP contribution is 2.41. The van der Waals surface area contributed by atoms with Crippen molar-refractivity contribution in [1.29, 1.82) is 0 Å². The van der Waals surface area contributed by atoms with Crippen LogP contribution in [-0.2, 0) is 38.0 Å². The molecule has 2 amide bonds. The fourth-order valence-corrected chi connectivity index (χ4v) is 5.89. The van der Waals surface area contributed by atoms with Gasteiger partial charge in [0.15, 0.2) is 17.4 Å². The van der Waals surface area contributed by atoms with Crippen LogP contribution >= 0.6 is 0 Å². The van der Waals surface area contributed by atoms with Crippen LogP contribution in [-0.4, -0.2) is 73.4 Å². The van der Waals surface area contributed by atoms with Crippen molar-refractivity contribution in [3.05, 3.63) is 0 Å². The first-order valence-corrected chi connectivity index (χ1v) is 15.4. The summed E-state index contributed by atoms with van der Waals surface area (Å²) in [6.45, 7) is 13.3. The van der Waals surface area contributed by atoms with E-state index >= 15 is 0 Å². The number of nitrogens with one attached hydrogen (secondary N) is 1. The Kier molecular flexibility index (Phi) is 12.2. The van der Waals surface area contributed by atoms with Crippen LogP contribution in [0.4, 0.5) is 0 Å². The number of primary amides is 1. The lowest BCUT2D eigenvalue weighted by molar-refractivity contribution is -0.186. The van der Waals surface area contributed by atoms with Crippen molar-refractivity contribution >= 4 is 11.8 Å². The van der Waals surface area contributed by atoms with Gasteiger partial charge in [-0.05, 0) is 40.0 Å². The topological polar surface area (TPSA) is 128 Å². The molecule has 0 aliphatic carbocycles. The van der Waals surface area contributed by atoms with Crippen molar-refractivity contribution in [2.45, 2.75) is 154 Å². The third-order valence-electron chi connectivity index (χ3n) is 8.45. The predicted molar refractivity (Wildman–Crippen MR) is 150 cm³/mol. The first-order valence-electron chi connectivity index (χ1n) is 15.4. The quantitative estimate of drug-likeness (QED) is 0.248. The molecule has 3 heterocycles. The standard InChI is InChI=1S/C30H54N2O8/c1-7-21(8-2)13-11-9-10-12-18-32-25(34)15-17-30(6)36-20-23(38-30)27-26(39-28(3,4)40-27)22-19-35-29(5,37-22)16-14-24(31)33/h21-23,26-27H,7-20H2,1-6H3,(H2,31,33)(H,32,34). The van der Waals surface area contributed by atoms with Gasteiger partial charge < -0.3 is 39.5 Å². The van der Waals surface area contributed by atoms with Gasteiger partial charge in [-0.25, -0.2) is 0 Å². The van der Waals surface area contributed by atoms with Crippen LogP contribution in [0.1, 0.15) is 112 Å². The number of hydrogen-bond donors (Lipinski definition) is 2. The third-order valence-corrected chi connectivity index (χ3v) is 8.45. The molecule has 3 N–H and O–H groups in total. The van der Waals surface area contributed by atoms with E-state index in [1.165, 1.54) is 32.1 Å². The van der Waals surface area contributed by atoms with E-state index in [1.54, 1.807) is 6.92 Å². The van der Waals surface area contributed by atoms with Gasteiger partial charge in [0.2, 0.25) is 11.8 Å². The van der Waals surface area contributed by atoms with E-state index in [2.05, 4.69) is 19.2 Å². The molecule has 0 bridgehead atoms. The minimum absolute atomic E-state index is 0.0140. The van der Waals surface area contributed by atoms with Crippen LogP contribution in [0.15, 0.2) is 0 Å². The average molecular weight is 571 g/mol. The summed E-state index contributed by atoms with van der Waals surface area (Å²) < 4.78 is 37.0.